The summed E-state index contributed by atoms with van der Waals surface area (Å²) in [5.41, 5.74) is 0. The third-order valence-electron chi connectivity index (χ3n) is 0.850. The van der Waals surface area contributed by atoms with Crippen LogP contribution in [0, 0.1) is 6.61 Å². The van der Waals surface area contributed by atoms with E-state index >= 15 is 0 Å². The van der Waals surface area contributed by atoms with Gasteiger partial charge in [0.25, 0.3) is 0 Å². The van der Waals surface area contributed by atoms with Gasteiger partial charge in [-0.25, -0.2) is 0 Å². The fourth-order valence-corrected chi connectivity index (χ4v) is 0.624. The van der Waals surface area contributed by atoms with Gasteiger partial charge in [-0.1, -0.05) is 3.89 Å². The molecule has 15 heavy (non-hydrogen) atoms. The maximum atomic E-state index is 11.9. The Morgan fingerprint density at radius 1 is 1.07 bits per heavy atom. The van der Waals surface area contributed by atoms with Crippen molar-refractivity contribution in [3.05, 3.63) is 6.61 Å². The van der Waals surface area contributed by atoms with Crippen molar-refractivity contribution in [2.45, 2.75) is 11.4 Å². The van der Waals surface area contributed by atoms with E-state index in [0.717, 1.165) is 0 Å². The molecule has 0 aliphatic carbocycles. The van der Waals surface area contributed by atoms with Crippen LogP contribution in [0.2, 0.25) is 0 Å². The summed E-state index contributed by atoms with van der Waals surface area (Å²) in [7, 11) is -7.06. The number of hydrogen-bond acceptors (Lipinski definition) is 3. The Labute approximate surface area is 122 Å². The van der Waals surface area contributed by atoms with Crippen molar-refractivity contribution in [3.8, 4) is 0 Å². The van der Waals surface area contributed by atoms with Gasteiger partial charge in [-0.2, -0.15) is 26.0 Å². The first-order valence-corrected chi connectivity index (χ1v) is 3.87. The van der Waals surface area contributed by atoms with E-state index in [1.54, 1.807) is 0 Å². The van der Waals surface area contributed by atoms with Crippen molar-refractivity contribution in [2.75, 3.05) is 0 Å². The molecular formula is C3F7KO3S. The summed E-state index contributed by atoms with van der Waals surface area (Å²) in [4.78, 5) is 0. The molecule has 0 aromatic heterocycles. The topological polar surface area (TPSA) is 43.4 Å². The molecule has 0 spiro atoms. The minimum absolute atomic E-state index is 0. The van der Waals surface area contributed by atoms with E-state index in [0.29, 0.717) is 0 Å². The van der Waals surface area contributed by atoms with Gasteiger partial charge >= 0.3 is 73.0 Å². The van der Waals surface area contributed by atoms with Crippen molar-refractivity contribution in [2.24, 2.45) is 0 Å². The first-order chi connectivity index (χ1) is 5.92. The predicted molar refractivity (Wildman–Crippen MR) is 26.5 cm³/mol. The summed E-state index contributed by atoms with van der Waals surface area (Å²) in [6.45, 7) is -3.63. The van der Waals surface area contributed by atoms with Crippen LogP contribution in [0.5, 0.6) is 0 Å². The molecule has 0 aromatic carbocycles. The van der Waals surface area contributed by atoms with Crippen LogP contribution in [-0.4, -0.2) is 19.8 Å². The fraction of sp³-hybridized carbons (Fsp3) is 0.667. The van der Waals surface area contributed by atoms with Crippen LogP contribution in [0.4, 0.5) is 30.2 Å². The number of halogens is 7. The molecule has 0 amide bonds. The molecule has 0 bridgehead atoms. The minimum atomic E-state index is -7.06. The van der Waals surface area contributed by atoms with Gasteiger partial charge in [0.1, 0.15) is 6.61 Å². The van der Waals surface area contributed by atoms with Crippen molar-refractivity contribution < 1.29 is 94.8 Å². The molecule has 0 fully saturated rings. The van der Waals surface area contributed by atoms with Gasteiger partial charge in [0.05, 0.1) is 0 Å². The van der Waals surface area contributed by atoms with Gasteiger partial charge in [0.2, 0.25) is 0 Å². The number of rotatable bonds is 4. The first kappa shape index (κ1) is 18.4. The summed E-state index contributed by atoms with van der Waals surface area (Å²) < 4.78 is 102. The zero-order valence-corrected chi connectivity index (χ0v) is 10.7. The second-order valence-corrected chi connectivity index (χ2v) is 3.19. The zero-order valence-electron chi connectivity index (χ0n) is 6.78. The molecule has 0 atom stereocenters. The predicted octanol–water partition coefficient (Wildman–Crippen LogP) is -1.12. The maximum absolute atomic E-state index is 11.9. The largest absolute Gasteiger partial charge is 1.00 e. The Morgan fingerprint density at radius 3 is 1.60 bits per heavy atom. The van der Waals surface area contributed by atoms with Crippen LogP contribution in [0.25, 0.3) is 0 Å². The summed E-state index contributed by atoms with van der Waals surface area (Å²) in [5, 5.41) is -6.39. The molecule has 0 saturated heterocycles. The van der Waals surface area contributed by atoms with Crippen LogP contribution in [-0.2, 0) is 15.0 Å². The average Bonchev–Trinajstić information content (AvgIpc) is 1.80. The fourth-order valence-electron chi connectivity index (χ4n) is 0.298. The molecule has 0 aromatic rings. The molecule has 86 valence electrons. The normalized spacial score (nSPS) is 13.9. The average molecular weight is 288 g/mol. The summed E-state index contributed by atoms with van der Waals surface area (Å²) in [6, 6.07) is 0. The Hall–Kier alpha value is 1.06. The summed E-state index contributed by atoms with van der Waals surface area (Å²) in [5.74, 6) is 0. The van der Waals surface area contributed by atoms with Gasteiger partial charge in [0.15, 0.2) is 0 Å². The number of alkyl halides is 4. The second kappa shape index (κ2) is 5.60. The van der Waals surface area contributed by atoms with E-state index in [9.17, 15) is 38.6 Å². The molecule has 0 unspecified atom stereocenters. The summed E-state index contributed by atoms with van der Waals surface area (Å²) >= 11 is 0. The molecule has 0 heterocycles. The van der Waals surface area contributed by atoms with E-state index < -0.39 is 28.2 Å². The quantitative estimate of drug-likeness (QED) is 0.285. The van der Waals surface area contributed by atoms with E-state index in [4.69, 9.17) is 0 Å². The third kappa shape index (κ3) is 4.44. The van der Waals surface area contributed by atoms with E-state index in [1.807, 2.05) is 4.74 Å². The number of ether oxygens (including phenoxy) is 1. The smallest absolute Gasteiger partial charge is 0.427 e. The molecule has 3 nitrogen and oxygen atoms in total. The van der Waals surface area contributed by atoms with Crippen LogP contribution >= 0.6 is 0 Å². The molecule has 0 saturated carbocycles. The van der Waals surface area contributed by atoms with Crippen molar-refractivity contribution in [1.82, 2.24) is 0 Å². The Morgan fingerprint density at radius 2 is 1.40 bits per heavy atom. The molecule has 0 radical (unpaired) electrons. The van der Waals surface area contributed by atoms with Gasteiger partial charge in [0, 0.05) is 0 Å². The van der Waals surface area contributed by atoms with Crippen LogP contribution in [0.15, 0.2) is 0 Å². The zero-order chi connectivity index (χ0) is 11.8. The Balaban J connectivity index is 0. The molecule has 0 aliphatic heterocycles. The van der Waals surface area contributed by atoms with Crippen LogP contribution in [0.1, 0.15) is 0 Å². The second-order valence-electron chi connectivity index (χ2n) is 1.80. The molecule has 12 heteroatoms. The van der Waals surface area contributed by atoms with Gasteiger partial charge in [-0.3, -0.25) is 0 Å². The molecule has 0 aliphatic rings. The number of hydrogen-bond donors (Lipinski definition) is 0. The SMILES string of the molecule is O=S(=O)(F)C(F)(F)C(F)(F)O[C-](F)F.[K+]. The van der Waals surface area contributed by atoms with Crippen molar-refractivity contribution in [3.63, 3.8) is 0 Å². The van der Waals surface area contributed by atoms with Gasteiger partial charge < -0.3 is 13.5 Å². The molecule has 0 rings (SSSR count). The Bertz CT molecular complexity index is 301. The monoisotopic (exact) mass is 288 g/mol. The van der Waals surface area contributed by atoms with Gasteiger partial charge in [-0.15, -0.1) is 0 Å². The van der Waals surface area contributed by atoms with E-state index in [2.05, 4.69) is 0 Å². The van der Waals surface area contributed by atoms with Crippen molar-refractivity contribution >= 4 is 10.2 Å². The molecular weight excluding hydrogens is 288 g/mol. The van der Waals surface area contributed by atoms with E-state index in [-0.39, 0.29) is 51.4 Å². The standard InChI is InChI=1S/C3F7O3S.K/c4-1(5)13-2(6,7)3(8,9)14(10,11)12;/q-1;+1. The van der Waals surface area contributed by atoms with Crippen LogP contribution in [0.3, 0.4) is 0 Å². The first-order valence-electron chi connectivity index (χ1n) is 2.48. The van der Waals surface area contributed by atoms with Crippen molar-refractivity contribution in [1.29, 1.82) is 0 Å². The maximum Gasteiger partial charge on any atom is 1.00 e. The minimum Gasteiger partial charge on any atom is -0.427 e. The van der Waals surface area contributed by atoms with Gasteiger partial charge in [-0.05, 0) is 0 Å². The third-order valence-corrected chi connectivity index (χ3v) is 1.70. The summed E-state index contributed by atoms with van der Waals surface area (Å²) in [6.07, 6.45) is -6.18. The van der Waals surface area contributed by atoms with Crippen LogP contribution < -0.4 is 51.4 Å². The Kier molecular flexibility index (Phi) is 6.87. The molecule has 0 N–H and O–H groups in total. The van der Waals surface area contributed by atoms with E-state index in [1.165, 1.54) is 0 Å².